The van der Waals surface area contributed by atoms with Gasteiger partial charge in [-0.05, 0) is 54.1 Å². The lowest BCUT2D eigenvalue weighted by Crippen LogP contribution is -2.06. The fourth-order valence-electron chi connectivity index (χ4n) is 8.68. The highest BCUT2D eigenvalue weighted by atomic mass is 16.3. The van der Waals surface area contributed by atoms with E-state index in [0.29, 0.717) is 17.6 Å². The van der Waals surface area contributed by atoms with Crippen LogP contribution in [-0.4, -0.2) is 24.1 Å². The molecule has 0 N–H and O–H groups in total. The Kier molecular flexibility index (Phi) is 6.83. The van der Waals surface area contributed by atoms with Gasteiger partial charge < -0.3 is 8.98 Å². The number of hydrogen-bond acceptors (Lipinski definition) is 4. The molecule has 6 heteroatoms. The van der Waals surface area contributed by atoms with Crippen molar-refractivity contribution in [2.24, 2.45) is 0 Å². The minimum absolute atomic E-state index is 0.548. The molecule has 6 nitrogen and oxygen atoms in total. The molecule has 266 valence electrons. The number of furan rings is 1. The maximum Gasteiger partial charge on any atom is 0.238 e. The van der Waals surface area contributed by atoms with E-state index in [0.717, 1.165) is 82.7 Å². The van der Waals surface area contributed by atoms with Gasteiger partial charge in [0, 0.05) is 54.7 Å². The molecule has 0 saturated heterocycles. The van der Waals surface area contributed by atoms with Gasteiger partial charge in [-0.25, -0.2) is 4.98 Å². The SMILES string of the molecule is c1ccc(-c2nc(-c3ccc4c(c3)oc3c(-c5ccccc5)cccc34)nc(-n3c4ccccc4c4c5c6ccccc6n(-c6ccccc6)c5ccc43)n2)cc1. The Morgan fingerprint density at radius 2 is 0.930 bits per heavy atom. The molecule has 0 amide bonds. The van der Waals surface area contributed by atoms with E-state index in [2.05, 4.69) is 161 Å². The third-order valence-electron chi connectivity index (χ3n) is 11.2. The minimum Gasteiger partial charge on any atom is -0.455 e. The summed E-state index contributed by atoms with van der Waals surface area (Å²) in [6.07, 6.45) is 0. The van der Waals surface area contributed by atoms with E-state index in [4.69, 9.17) is 19.4 Å². The van der Waals surface area contributed by atoms with E-state index in [9.17, 15) is 0 Å². The predicted molar refractivity (Wildman–Crippen MR) is 232 cm³/mol. The summed E-state index contributed by atoms with van der Waals surface area (Å²) in [5, 5.41) is 6.81. The highest BCUT2D eigenvalue weighted by Crippen LogP contribution is 2.43. The number of aromatic nitrogens is 5. The molecule has 0 spiro atoms. The molecule has 0 aliphatic heterocycles. The van der Waals surface area contributed by atoms with Crippen molar-refractivity contribution in [1.82, 2.24) is 24.1 Å². The topological polar surface area (TPSA) is 61.7 Å². The first-order valence-electron chi connectivity index (χ1n) is 19.1. The highest BCUT2D eigenvalue weighted by molar-refractivity contribution is 6.28. The van der Waals surface area contributed by atoms with Crippen LogP contribution in [0.5, 0.6) is 0 Å². The Balaban J connectivity index is 1.12. The van der Waals surface area contributed by atoms with E-state index < -0.39 is 0 Å². The molecule has 0 fully saturated rings. The average Bonchev–Trinajstić information content (AvgIpc) is 3.94. The lowest BCUT2D eigenvalue weighted by atomic mass is 10.0. The van der Waals surface area contributed by atoms with Crippen LogP contribution in [0.3, 0.4) is 0 Å². The lowest BCUT2D eigenvalue weighted by Gasteiger charge is -2.11. The molecule has 12 rings (SSSR count). The van der Waals surface area contributed by atoms with E-state index >= 15 is 0 Å². The fourth-order valence-corrected chi connectivity index (χ4v) is 8.68. The average molecular weight is 730 g/mol. The van der Waals surface area contributed by atoms with Gasteiger partial charge in [-0.3, -0.25) is 4.57 Å². The highest BCUT2D eigenvalue weighted by Gasteiger charge is 2.23. The summed E-state index contributed by atoms with van der Waals surface area (Å²) in [6, 6.07) is 65.4. The predicted octanol–water partition coefficient (Wildman–Crippen LogP) is 13.0. The summed E-state index contributed by atoms with van der Waals surface area (Å²) in [5.74, 6) is 1.71. The Morgan fingerprint density at radius 3 is 1.63 bits per heavy atom. The molecular weight excluding hydrogens is 699 g/mol. The van der Waals surface area contributed by atoms with Crippen molar-refractivity contribution >= 4 is 65.6 Å². The van der Waals surface area contributed by atoms with Crippen molar-refractivity contribution in [3.63, 3.8) is 0 Å². The monoisotopic (exact) mass is 729 g/mol. The van der Waals surface area contributed by atoms with Gasteiger partial charge in [-0.2, -0.15) is 9.97 Å². The first-order chi connectivity index (χ1) is 28.3. The second-order valence-electron chi connectivity index (χ2n) is 14.4. The van der Waals surface area contributed by atoms with Gasteiger partial charge in [0.2, 0.25) is 5.95 Å². The Hall–Kier alpha value is -7.83. The normalized spacial score (nSPS) is 11.9. The first kappa shape index (κ1) is 31.5. The summed E-state index contributed by atoms with van der Waals surface area (Å²) in [4.78, 5) is 15.6. The first-order valence-corrected chi connectivity index (χ1v) is 19.1. The third-order valence-corrected chi connectivity index (χ3v) is 11.2. The van der Waals surface area contributed by atoms with Crippen molar-refractivity contribution in [2.45, 2.75) is 0 Å². The zero-order valence-corrected chi connectivity index (χ0v) is 30.5. The van der Waals surface area contributed by atoms with Crippen LogP contribution in [0.15, 0.2) is 192 Å². The molecule has 4 aromatic heterocycles. The zero-order valence-electron chi connectivity index (χ0n) is 30.5. The Morgan fingerprint density at radius 1 is 0.368 bits per heavy atom. The quantitative estimate of drug-likeness (QED) is 0.177. The number of nitrogens with zero attached hydrogens (tertiary/aromatic N) is 5. The van der Waals surface area contributed by atoms with Crippen LogP contribution < -0.4 is 0 Å². The smallest absolute Gasteiger partial charge is 0.238 e. The molecule has 0 unspecified atom stereocenters. The van der Waals surface area contributed by atoms with E-state index in [1.807, 2.05) is 36.4 Å². The van der Waals surface area contributed by atoms with Crippen molar-refractivity contribution in [1.29, 1.82) is 0 Å². The molecular formula is C51H31N5O. The molecule has 4 heterocycles. The van der Waals surface area contributed by atoms with E-state index in [1.165, 1.54) is 10.8 Å². The van der Waals surface area contributed by atoms with Gasteiger partial charge >= 0.3 is 0 Å². The van der Waals surface area contributed by atoms with Gasteiger partial charge in [0.15, 0.2) is 11.6 Å². The minimum atomic E-state index is 0.548. The number of benzene rings is 8. The molecule has 0 radical (unpaired) electrons. The van der Waals surface area contributed by atoms with Crippen LogP contribution in [0.1, 0.15) is 0 Å². The van der Waals surface area contributed by atoms with Crippen molar-refractivity contribution in [3.8, 4) is 45.5 Å². The molecule has 57 heavy (non-hydrogen) atoms. The number of para-hydroxylation sites is 4. The molecule has 0 saturated carbocycles. The van der Waals surface area contributed by atoms with Gasteiger partial charge in [0.25, 0.3) is 0 Å². The van der Waals surface area contributed by atoms with Gasteiger partial charge in [-0.15, -0.1) is 0 Å². The van der Waals surface area contributed by atoms with Crippen LogP contribution in [-0.2, 0) is 0 Å². The van der Waals surface area contributed by atoms with Crippen LogP contribution in [0.2, 0.25) is 0 Å². The van der Waals surface area contributed by atoms with Crippen LogP contribution in [0, 0.1) is 0 Å². The zero-order chi connectivity index (χ0) is 37.5. The number of fused-ring (bicyclic) bond motifs is 10. The summed E-state index contributed by atoms with van der Waals surface area (Å²) in [6.45, 7) is 0. The van der Waals surface area contributed by atoms with E-state index in [1.54, 1.807) is 0 Å². The second kappa shape index (κ2) is 12.3. The molecule has 0 atom stereocenters. The summed E-state index contributed by atoms with van der Waals surface area (Å²) in [7, 11) is 0. The lowest BCUT2D eigenvalue weighted by molar-refractivity contribution is 0.670. The standard InChI is InChI=1S/C51H31N5O/c1-4-15-32(16-5-1)36-23-14-24-38-37-28-27-34(31-45(37)57-48(36)38)50-52-49(33-17-6-2-7-18-33)53-51(54-50)56-42-26-13-11-22-40(42)47-44(56)30-29-43-46(47)39-21-10-12-25-41(39)55(43)35-19-8-3-9-20-35/h1-31H. The van der Waals surface area contributed by atoms with Crippen LogP contribution in [0.4, 0.5) is 0 Å². The molecule has 0 bridgehead atoms. The second-order valence-corrected chi connectivity index (χ2v) is 14.4. The largest absolute Gasteiger partial charge is 0.455 e. The number of rotatable bonds is 5. The maximum atomic E-state index is 6.66. The molecule has 12 aromatic rings. The molecule has 0 aliphatic carbocycles. The number of hydrogen-bond donors (Lipinski definition) is 0. The summed E-state index contributed by atoms with van der Waals surface area (Å²) >= 11 is 0. The van der Waals surface area contributed by atoms with Gasteiger partial charge in [-0.1, -0.05) is 140 Å². The van der Waals surface area contributed by atoms with Crippen molar-refractivity contribution in [3.05, 3.63) is 188 Å². The fraction of sp³-hybridized carbons (Fsp3) is 0. The Labute approximate surface area is 326 Å². The summed E-state index contributed by atoms with van der Waals surface area (Å²) in [5.41, 5.74) is 11.1. The molecule has 0 aliphatic rings. The van der Waals surface area contributed by atoms with E-state index in [-0.39, 0.29) is 0 Å². The van der Waals surface area contributed by atoms with Gasteiger partial charge in [0.05, 0.1) is 22.1 Å². The third kappa shape index (κ3) is 4.81. The molecule has 8 aromatic carbocycles. The van der Waals surface area contributed by atoms with Crippen LogP contribution >= 0.6 is 0 Å². The van der Waals surface area contributed by atoms with Gasteiger partial charge in [0.1, 0.15) is 11.2 Å². The van der Waals surface area contributed by atoms with Crippen molar-refractivity contribution < 1.29 is 4.42 Å². The summed E-state index contributed by atoms with van der Waals surface area (Å²) < 4.78 is 11.2. The van der Waals surface area contributed by atoms with Crippen LogP contribution in [0.25, 0.3) is 111 Å². The maximum absolute atomic E-state index is 6.66. The van der Waals surface area contributed by atoms with Crippen molar-refractivity contribution in [2.75, 3.05) is 0 Å². The Bertz CT molecular complexity index is 3510.